The molecule has 4 nitrogen and oxygen atoms in total. The molecule has 106 valence electrons. The van der Waals surface area contributed by atoms with Gasteiger partial charge in [-0.2, -0.15) is 0 Å². The van der Waals surface area contributed by atoms with Crippen LogP contribution in [0, 0.1) is 6.92 Å². The maximum absolute atomic E-state index is 12.7. The Morgan fingerprint density at radius 3 is 2.76 bits per heavy atom. The first-order valence-electron chi connectivity index (χ1n) is 7.09. The molecule has 0 fully saturated rings. The van der Waals surface area contributed by atoms with Crippen LogP contribution in [0.4, 0.5) is 0 Å². The number of hydrogen-bond donors (Lipinski definition) is 0. The molecule has 0 aliphatic carbocycles. The highest BCUT2D eigenvalue weighted by Crippen LogP contribution is 2.19. The smallest absolute Gasteiger partial charge is 0.261 e. The van der Waals surface area contributed by atoms with E-state index in [2.05, 4.69) is 9.97 Å². The van der Waals surface area contributed by atoms with E-state index in [9.17, 15) is 4.79 Å². The van der Waals surface area contributed by atoms with Crippen molar-refractivity contribution in [3.05, 3.63) is 70.5 Å². The number of nitrogens with zero attached hydrogens (tertiary/aromatic N) is 3. The van der Waals surface area contributed by atoms with Crippen molar-refractivity contribution >= 4 is 10.9 Å². The van der Waals surface area contributed by atoms with Crippen LogP contribution in [0.5, 0.6) is 0 Å². The number of fused-ring (bicyclic) bond motifs is 1. The monoisotopic (exact) mass is 279 g/mol. The summed E-state index contributed by atoms with van der Waals surface area (Å²) >= 11 is 0. The van der Waals surface area contributed by atoms with Gasteiger partial charge in [-0.1, -0.05) is 24.6 Å². The maximum Gasteiger partial charge on any atom is 0.261 e. The van der Waals surface area contributed by atoms with E-state index in [1.807, 2.05) is 50.2 Å². The Kier molecular flexibility index (Phi) is 3.52. The molecule has 1 aromatic carbocycles. The first-order valence-corrected chi connectivity index (χ1v) is 7.09. The molecule has 0 saturated carbocycles. The van der Waals surface area contributed by atoms with Gasteiger partial charge in [-0.15, -0.1) is 0 Å². The largest absolute Gasteiger partial charge is 0.290 e. The second-order valence-corrected chi connectivity index (χ2v) is 5.16. The predicted octanol–water partition coefficient (Wildman–Crippen LogP) is 3.10. The van der Waals surface area contributed by atoms with E-state index >= 15 is 0 Å². The first-order chi connectivity index (χ1) is 10.2. The summed E-state index contributed by atoms with van der Waals surface area (Å²) in [5.41, 5.74) is 2.67. The zero-order chi connectivity index (χ0) is 14.8. The lowest BCUT2D eigenvalue weighted by molar-refractivity contribution is 0.531. The Morgan fingerprint density at radius 1 is 1.19 bits per heavy atom. The van der Waals surface area contributed by atoms with Gasteiger partial charge < -0.3 is 0 Å². The van der Waals surface area contributed by atoms with E-state index in [1.54, 1.807) is 17.1 Å². The number of aromatic nitrogens is 3. The quantitative estimate of drug-likeness (QED) is 0.740. The fourth-order valence-electron chi connectivity index (χ4n) is 2.59. The molecule has 0 amide bonds. The van der Waals surface area contributed by atoms with Crippen molar-refractivity contribution in [1.29, 1.82) is 0 Å². The summed E-state index contributed by atoms with van der Waals surface area (Å²) in [7, 11) is 0. The molecule has 3 rings (SSSR count). The van der Waals surface area contributed by atoms with Crippen LogP contribution in [-0.4, -0.2) is 14.5 Å². The van der Waals surface area contributed by atoms with Crippen molar-refractivity contribution < 1.29 is 0 Å². The molecular weight excluding hydrogens is 262 g/mol. The second-order valence-electron chi connectivity index (χ2n) is 5.16. The molecule has 0 N–H and O–H groups in total. The number of aryl methyl sites for hydroxylation is 1. The van der Waals surface area contributed by atoms with E-state index in [0.29, 0.717) is 5.39 Å². The summed E-state index contributed by atoms with van der Waals surface area (Å²) in [6, 6.07) is 11.4. The van der Waals surface area contributed by atoms with Crippen molar-refractivity contribution in [2.45, 2.75) is 26.3 Å². The van der Waals surface area contributed by atoms with Gasteiger partial charge in [0, 0.05) is 6.20 Å². The van der Waals surface area contributed by atoms with Crippen molar-refractivity contribution in [2.75, 3.05) is 0 Å². The molecule has 4 heteroatoms. The van der Waals surface area contributed by atoms with Crippen LogP contribution in [0.25, 0.3) is 10.9 Å². The highest BCUT2D eigenvalue weighted by molar-refractivity contribution is 5.77. The minimum absolute atomic E-state index is 0.0128. The molecule has 1 atom stereocenters. The fraction of sp³-hybridized carbons (Fsp3) is 0.235. The average Bonchev–Trinajstić information content (AvgIpc) is 2.52. The molecule has 0 aliphatic heterocycles. The second kappa shape index (κ2) is 5.48. The standard InChI is InChI=1S/C17H17N3O/c1-3-16(15-6-4-5-9-18-15)20-11-19-14-8-7-12(2)10-13(14)17(20)21/h4-11,16H,3H2,1-2H3/t16-/m0/s1. The summed E-state index contributed by atoms with van der Waals surface area (Å²) in [4.78, 5) is 21.5. The molecule has 0 aliphatic rings. The van der Waals surface area contributed by atoms with Gasteiger partial charge in [-0.25, -0.2) is 4.98 Å². The molecule has 2 aromatic heterocycles. The normalized spacial score (nSPS) is 12.5. The van der Waals surface area contributed by atoms with E-state index < -0.39 is 0 Å². The van der Waals surface area contributed by atoms with E-state index in [1.165, 1.54) is 0 Å². The Morgan fingerprint density at radius 2 is 2.05 bits per heavy atom. The van der Waals surface area contributed by atoms with Gasteiger partial charge in [0.1, 0.15) is 0 Å². The SMILES string of the molecule is CC[C@@H](c1ccccn1)n1cnc2ccc(C)cc2c1=O. The molecule has 0 saturated heterocycles. The summed E-state index contributed by atoms with van der Waals surface area (Å²) in [5, 5.41) is 0.659. The van der Waals surface area contributed by atoms with Crippen LogP contribution in [0.15, 0.2) is 53.7 Å². The third-order valence-corrected chi connectivity index (χ3v) is 3.69. The number of benzene rings is 1. The lowest BCUT2D eigenvalue weighted by Gasteiger charge is -2.17. The molecule has 21 heavy (non-hydrogen) atoms. The van der Waals surface area contributed by atoms with Crippen LogP contribution in [0.3, 0.4) is 0 Å². The Bertz CT molecular complexity index is 824. The Hall–Kier alpha value is -2.49. The molecule has 3 aromatic rings. The van der Waals surface area contributed by atoms with Crippen LogP contribution in [-0.2, 0) is 0 Å². The third kappa shape index (κ3) is 2.44. The number of rotatable bonds is 3. The molecule has 0 radical (unpaired) electrons. The van der Waals surface area contributed by atoms with Gasteiger partial charge in [0.05, 0.1) is 29.0 Å². The average molecular weight is 279 g/mol. The minimum atomic E-state index is -0.0869. The van der Waals surface area contributed by atoms with Gasteiger partial charge in [-0.3, -0.25) is 14.3 Å². The van der Waals surface area contributed by atoms with Gasteiger partial charge in [0.25, 0.3) is 5.56 Å². The lowest BCUT2D eigenvalue weighted by Crippen LogP contribution is -2.26. The van der Waals surface area contributed by atoms with Crippen molar-refractivity contribution in [3.8, 4) is 0 Å². The van der Waals surface area contributed by atoms with Gasteiger partial charge in [-0.05, 0) is 37.6 Å². The van der Waals surface area contributed by atoms with Crippen LogP contribution in [0.2, 0.25) is 0 Å². The third-order valence-electron chi connectivity index (χ3n) is 3.69. The topological polar surface area (TPSA) is 47.8 Å². The Labute approximate surface area is 123 Å². The summed E-state index contributed by atoms with van der Waals surface area (Å²) < 4.78 is 1.68. The summed E-state index contributed by atoms with van der Waals surface area (Å²) in [6.45, 7) is 4.03. The molecule has 0 bridgehead atoms. The van der Waals surface area contributed by atoms with Crippen LogP contribution < -0.4 is 5.56 Å². The lowest BCUT2D eigenvalue weighted by atomic mass is 10.1. The van der Waals surface area contributed by atoms with Gasteiger partial charge in [0.15, 0.2) is 0 Å². The predicted molar refractivity (Wildman–Crippen MR) is 83.4 cm³/mol. The molecule has 2 heterocycles. The molecular formula is C17H17N3O. The number of pyridine rings is 1. The minimum Gasteiger partial charge on any atom is -0.290 e. The van der Waals surface area contributed by atoms with Gasteiger partial charge in [0.2, 0.25) is 0 Å². The highest BCUT2D eigenvalue weighted by atomic mass is 16.1. The van der Waals surface area contributed by atoms with Crippen molar-refractivity contribution in [1.82, 2.24) is 14.5 Å². The maximum atomic E-state index is 12.7. The molecule has 0 unspecified atom stereocenters. The fourth-order valence-corrected chi connectivity index (χ4v) is 2.59. The zero-order valence-electron chi connectivity index (χ0n) is 12.2. The van der Waals surface area contributed by atoms with Crippen LogP contribution in [0.1, 0.15) is 30.6 Å². The van der Waals surface area contributed by atoms with Crippen molar-refractivity contribution in [2.24, 2.45) is 0 Å². The van der Waals surface area contributed by atoms with E-state index in [4.69, 9.17) is 0 Å². The molecule has 0 spiro atoms. The summed E-state index contributed by atoms with van der Waals surface area (Å²) in [5.74, 6) is 0. The Balaban J connectivity index is 2.20. The summed E-state index contributed by atoms with van der Waals surface area (Å²) in [6.07, 6.45) is 4.17. The van der Waals surface area contributed by atoms with Gasteiger partial charge >= 0.3 is 0 Å². The van der Waals surface area contributed by atoms with Crippen molar-refractivity contribution in [3.63, 3.8) is 0 Å². The number of hydrogen-bond acceptors (Lipinski definition) is 3. The van der Waals surface area contributed by atoms with Crippen LogP contribution >= 0.6 is 0 Å². The first kappa shape index (κ1) is 13.5. The highest BCUT2D eigenvalue weighted by Gasteiger charge is 2.15. The zero-order valence-corrected chi connectivity index (χ0v) is 12.2. The van der Waals surface area contributed by atoms with E-state index in [-0.39, 0.29) is 11.6 Å². The van der Waals surface area contributed by atoms with E-state index in [0.717, 1.165) is 23.2 Å².